The fourth-order valence-electron chi connectivity index (χ4n) is 2.00. The maximum absolute atomic E-state index is 11.7. The highest BCUT2D eigenvalue weighted by molar-refractivity contribution is 5.81. The van der Waals surface area contributed by atoms with Gasteiger partial charge in [0.2, 0.25) is 5.91 Å². The Bertz CT molecular complexity index is 427. The molecule has 1 amide bonds. The van der Waals surface area contributed by atoms with Crippen LogP contribution in [0.1, 0.15) is 6.42 Å². The topological polar surface area (TPSA) is 69.6 Å². The van der Waals surface area contributed by atoms with Gasteiger partial charge in [-0.2, -0.15) is 0 Å². The maximum Gasteiger partial charge on any atom is 0.303 e. The summed E-state index contributed by atoms with van der Waals surface area (Å²) >= 11 is 0. The van der Waals surface area contributed by atoms with E-state index in [-0.39, 0.29) is 24.8 Å². The Morgan fingerprint density at radius 2 is 1.94 bits per heavy atom. The van der Waals surface area contributed by atoms with E-state index in [0.29, 0.717) is 13.1 Å². The molecule has 1 aromatic carbocycles. The molecule has 5 heteroatoms. The first kappa shape index (κ1) is 12.4. The highest BCUT2D eigenvalue weighted by Crippen LogP contribution is 2.19. The molecule has 0 atom stereocenters. The third kappa shape index (κ3) is 3.23. The zero-order chi connectivity index (χ0) is 13.0. The monoisotopic (exact) mass is 248 g/mol. The summed E-state index contributed by atoms with van der Waals surface area (Å²) < 4.78 is 0. The van der Waals surface area contributed by atoms with Crippen molar-refractivity contribution in [2.24, 2.45) is 5.92 Å². The Labute approximate surface area is 105 Å². The second kappa shape index (κ2) is 5.53. The molecular formula is C13H16N2O3. The number of amides is 1. The van der Waals surface area contributed by atoms with Gasteiger partial charge in [-0.25, -0.2) is 0 Å². The third-order valence-corrected chi connectivity index (χ3v) is 2.99. The first-order chi connectivity index (χ1) is 8.65. The minimum Gasteiger partial charge on any atom is -0.481 e. The summed E-state index contributed by atoms with van der Waals surface area (Å²) in [6.45, 7) is 1.37. The Morgan fingerprint density at radius 3 is 2.56 bits per heavy atom. The van der Waals surface area contributed by atoms with Crippen molar-refractivity contribution in [1.29, 1.82) is 0 Å². The predicted molar refractivity (Wildman–Crippen MR) is 67.3 cm³/mol. The largest absolute Gasteiger partial charge is 0.481 e. The van der Waals surface area contributed by atoms with Crippen LogP contribution in [0.2, 0.25) is 0 Å². The number of hydrogen-bond donors (Lipinski definition) is 2. The van der Waals surface area contributed by atoms with Gasteiger partial charge in [0.15, 0.2) is 0 Å². The van der Waals surface area contributed by atoms with Gasteiger partial charge >= 0.3 is 5.97 Å². The number of anilines is 1. The van der Waals surface area contributed by atoms with E-state index in [0.717, 1.165) is 5.69 Å². The molecule has 1 heterocycles. The smallest absolute Gasteiger partial charge is 0.303 e. The Morgan fingerprint density at radius 1 is 1.28 bits per heavy atom. The lowest BCUT2D eigenvalue weighted by Crippen LogP contribution is -2.52. The molecule has 1 aliphatic heterocycles. The van der Waals surface area contributed by atoms with Gasteiger partial charge in [0, 0.05) is 24.7 Å². The van der Waals surface area contributed by atoms with Crippen molar-refractivity contribution < 1.29 is 14.7 Å². The normalized spacial score (nSPS) is 15.0. The summed E-state index contributed by atoms with van der Waals surface area (Å²) in [6, 6.07) is 9.52. The number of likely N-dealkylation sites (tertiary alicyclic amines) is 1. The molecule has 0 saturated carbocycles. The molecule has 1 aliphatic rings. The van der Waals surface area contributed by atoms with Crippen LogP contribution in [0.4, 0.5) is 5.69 Å². The van der Waals surface area contributed by atoms with Crippen LogP contribution in [0, 0.1) is 5.92 Å². The molecular weight excluding hydrogens is 232 g/mol. The van der Waals surface area contributed by atoms with Gasteiger partial charge in [-0.3, -0.25) is 9.59 Å². The minimum absolute atomic E-state index is 0.0143. The van der Waals surface area contributed by atoms with Gasteiger partial charge in [-0.05, 0) is 12.1 Å². The number of carboxylic acid groups (broad SMARTS) is 1. The van der Waals surface area contributed by atoms with Crippen molar-refractivity contribution in [2.75, 3.05) is 25.0 Å². The van der Waals surface area contributed by atoms with Crippen molar-refractivity contribution in [2.45, 2.75) is 6.42 Å². The van der Waals surface area contributed by atoms with Crippen molar-refractivity contribution >= 4 is 17.6 Å². The molecule has 1 saturated heterocycles. The van der Waals surface area contributed by atoms with E-state index in [4.69, 9.17) is 5.11 Å². The zero-order valence-electron chi connectivity index (χ0n) is 10.0. The molecule has 1 fully saturated rings. The van der Waals surface area contributed by atoms with Crippen LogP contribution in [0.25, 0.3) is 0 Å². The van der Waals surface area contributed by atoms with E-state index in [1.165, 1.54) is 0 Å². The number of hydrogen-bond acceptors (Lipinski definition) is 3. The lowest BCUT2D eigenvalue weighted by Gasteiger charge is -2.38. The SMILES string of the molecule is O=C(O)CC1CN(C(=O)CNc2ccccc2)C1. The Balaban J connectivity index is 1.70. The van der Waals surface area contributed by atoms with Crippen LogP contribution >= 0.6 is 0 Å². The van der Waals surface area contributed by atoms with E-state index in [1.54, 1.807) is 4.90 Å². The highest BCUT2D eigenvalue weighted by Gasteiger charge is 2.31. The fraction of sp³-hybridized carbons (Fsp3) is 0.385. The molecule has 96 valence electrons. The van der Waals surface area contributed by atoms with Gasteiger partial charge < -0.3 is 15.3 Å². The van der Waals surface area contributed by atoms with Gasteiger partial charge in [-0.15, -0.1) is 0 Å². The first-order valence-corrected chi connectivity index (χ1v) is 5.93. The molecule has 18 heavy (non-hydrogen) atoms. The molecule has 2 rings (SSSR count). The molecule has 0 radical (unpaired) electrons. The number of nitrogens with zero attached hydrogens (tertiary/aromatic N) is 1. The Hall–Kier alpha value is -2.04. The van der Waals surface area contributed by atoms with Gasteiger partial charge in [-0.1, -0.05) is 18.2 Å². The second-order valence-corrected chi connectivity index (χ2v) is 4.48. The lowest BCUT2D eigenvalue weighted by molar-refractivity contribution is -0.144. The van der Waals surface area contributed by atoms with Crippen molar-refractivity contribution in [3.05, 3.63) is 30.3 Å². The average Bonchev–Trinajstić information content (AvgIpc) is 2.31. The molecule has 0 spiro atoms. The predicted octanol–water partition coefficient (Wildman–Crippen LogP) is 1.03. The second-order valence-electron chi connectivity index (χ2n) is 4.48. The number of rotatable bonds is 5. The lowest BCUT2D eigenvalue weighted by atomic mass is 9.96. The summed E-state index contributed by atoms with van der Waals surface area (Å²) in [5.41, 5.74) is 0.911. The highest BCUT2D eigenvalue weighted by atomic mass is 16.4. The van der Waals surface area contributed by atoms with Crippen LogP contribution in [-0.4, -0.2) is 41.5 Å². The number of nitrogens with one attached hydrogen (secondary N) is 1. The maximum atomic E-state index is 11.7. The molecule has 0 unspecified atom stereocenters. The van der Waals surface area contributed by atoms with Crippen LogP contribution in [-0.2, 0) is 9.59 Å². The molecule has 0 aromatic heterocycles. The third-order valence-electron chi connectivity index (χ3n) is 2.99. The summed E-state index contributed by atoms with van der Waals surface area (Å²) in [7, 11) is 0. The summed E-state index contributed by atoms with van der Waals surface area (Å²) in [6.07, 6.45) is 0.149. The summed E-state index contributed by atoms with van der Waals surface area (Å²) in [5.74, 6) is -0.668. The summed E-state index contributed by atoms with van der Waals surface area (Å²) in [4.78, 5) is 23.9. The van der Waals surface area contributed by atoms with Crippen molar-refractivity contribution in [1.82, 2.24) is 4.90 Å². The molecule has 0 bridgehead atoms. The number of carbonyl (C=O) groups excluding carboxylic acids is 1. The van der Waals surface area contributed by atoms with Crippen molar-refractivity contribution in [3.63, 3.8) is 0 Å². The van der Waals surface area contributed by atoms with E-state index < -0.39 is 5.97 Å². The zero-order valence-corrected chi connectivity index (χ0v) is 10.0. The number of aliphatic carboxylic acids is 1. The number of benzene rings is 1. The van der Waals surface area contributed by atoms with Crippen LogP contribution in [0.3, 0.4) is 0 Å². The summed E-state index contributed by atoms with van der Waals surface area (Å²) in [5, 5.41) is 11.7. The fourth-order valence-corrected chi connectivity index (χ4v) is 2.00. The van der Waals surface area contributed by atoms with Gasteiger partial charge in [0.25, 0.3) is 0 Å². The first-order valence-electron chi connectivity index (χ1n) is 5.93. The molecule has 0 aliphatic carbocycles. The van der Waals surface area contributed by atoms with Gasteiger partial charge in [0.05, 0.1) is 13.0 Å². The van der Waals surface area contributed by atoms with E-state index >= 15 is 0 Å². The van der Waals surface area contributed by atoms with Crippen LogP contribution in [0.15, 0.2) is 30.3 Å². The average molecular weight is 248 g/mol. The van der Waals surface area contributed by atoms with Crippen LogP contribution in [0.5, 0.6) is 0 Å². The quantitative estimate of drug-likeness (QED) is 0.816. The number of para-hydroxylation sites is 1. The molecule has 5 nitrogen and oxygen atoms in total. The minimum atomic E-state index is -0.797. The van der Waals surface area contributed by atoms with Crippen molar-refractivity contribution in [3.8, 4) is 0 Å². The van der Waals surface area contributed by atoms with E-state index in [2.05, 4.69) is 5.32 Å². The molecule has 1 aromatic rings. The standard InChI is InChI=1S/C13H16N2O3/c16-12(7-14-11-4-2-1-3-5-11)15-8-10(9-15)6-13(17)18/h1-5,10,14H,6-9H2,(H,17,18). The van der Waals surface area contributed by atoms with Gasteiger partial charge in [0.1, 0.15) is 0 Å². The molecule has 2 N–H and O–H groups in total. The number of carboxylic acids is 1. The number of carbonyl (C=O) groups is 2. The van der Waals surface area contributed by atoms with E-state index in [1.807, 2.05) is 30.3 Å². The Kier molecular flexibility index (Phi) is 3.82. The van der Waals surface area contributed by atoms with Crippen LogP contribution < -0.4 is 5.32 Å². The van der Waals surface area contributed by atoms with E-state index in [9.17, 15) is 9.59 Å².